The molecule has 128 valence electrons. The molecule has 2 unspecified atom stereocenters. The Labute approximate surface area is 145 Å². The van der Waals surface area contributed by atoms with Crippen molar-refractivity contribution in [1.82, 2.24) is 4.90 Å². The molecule has 4 nitrogen and oxygen atoms in total. The Hall–Kier alpha value is -1.14. The number of amides is 1. The van der Waals surface area contributed by atoms with Crippen molar-refractivity contribution in [3.05, 3.63) is 34.3 Å². The van der Waals surface area contributed by atoms with Crippen LogP contribution in [0.3, 0.4) is 0 Å². The molecule has 1 aliphatic heterocycles. The Bertz CT molecular complexity index is 530. The van der Waals surface area contributed by atoms with Crippen molar-refractivity contribution in [1.29, 1.82) is 0 Å². The van der Waals surface area contributed by atoms with Crippen LogP contribution < -0.4 is 0 Å². The van der Waals surface area contributed by atoms with Gasteiger partial charge >= 0.3 is 6.09 Å². The van der Waals surface area contributed by atoms with E-state index in [1.165, 1.54) is 0 Å². The first-order valence-corrected chi connectivity index (χ1v) is 8.49. The predicted octanol–water partition coefficient (Wildman–Crippen LogP) is 3.97. The average molecular weight is 388 g/mol. The highest BCUT2D eigenvalue weighted by atomic mass is 79.9. The summed E-state index contributed by atoms with van der Waals surface area (Å²) < 4.78 is 24.9. The molecular formula is C17H23BrFNO3. The standard InChI is InChI=1S/C17H23BrFNO3/c1-17(2,3)23-16(21)20-10-15(9-19)22-11-14(20)8-12-4-6-13(18)7-5-12/h4-7,14-15H,8-11H2,1-3H3. The Kier molecular flexibility index (Phi) is 6.03. The predicted molar refractivity (Wildman–Crippen MR) is 90.3 cm³/mol. The normalized spacial score (nSPS) is 22.0. The Morgan fingerprint density at radius 2 is 2.04 bits per heavy atom. The molecule has 1 fully saturated rings. The van der Waals surface area contributed by atoms with Gasteiger partial charge in [0, 0.05) is 4.47 Å². The lowest BCUT2D eigenvalue weighted by molar-refractivity contribution is -0.0754. The summed E-state index contributed by atoms with van der Waals surface area (Å²) in [5.74, 6) is 0. The second-order valence-corrected chi connectivity index (χ2v) is 7.64. The van der Waals surface area contributed by atoms with E-state index in [0.29, 0.717) is 13.0 Å². The van der Waals surface area contributed by atoms with Crippen LogP contribution in [-0.2, 0) is 15.9 Å². The van der Waals surface area contributed by atoms with Crippen LogP contribution in [-0.4, -0.2) is 48.6 Å². The number of nitrogens with zero attached hydrogens (tertiary/aromatic N) is 1. The molecular weight excluding hydrogens is 365 g/mol. The lowest BCUT2D eigenvalue weighted by Gasteiger charge is -2.39. The van der Waals surface area contributed by atoms with Crippen molar-refractivity contribution in [3.8, 4) is 0 Å². The summed E-state index contributed by atoms with van der Waals surface area (Å²) in [5, 5.41) is 0. The summed E-state index contributed by atoms with van der Waals surface area (Å²) in [6.07, 6.45) is -0.351. The summed E-state index contributed by atoms with van der Waals surface area (Å²) in [7, 11) is 0. The van der Waals surface area contributed by atoms with Crippen molar-refractivity contribution in [2.24, 2.45) is 0 Å². The Morgan fingerprint density at radius 1 is 1.39 bits per heavy atom. The maximum absolute atomic E-state index is 12.9. The Morgan fingerprint density at radius 3 is 2.61 bits per heavy atom. The zero-order valence-corrected chi connectivity index (χ0v) is 15.3. The van der Waals surface area contributed by atoms with E-state index >= 15 is 0 Å². The fourth-order valence-electron chi connectivity index (χ4n) is 2.46. The highest BCUT2D eigenvalue weighted by molar-refractivity contribution is 9.10. The number of alkyl halides is 1. The Balaban J connectivity index is 2.11. The molecule has 1 amide bonds. The number of halogens is 2. The van der Waals surface area contributed by atoms with Crippen LogP contribution in [0.1, 0.15) is 26.3 Å². The van der Waals surface area contributed by atoms with Gasteiger partial charge in [-0.2, -0.15) is 0 Å². The average Bonchev–Trinajstić information content (AvgIpc) is 2.48. The van der Waals surface area contributed by atoms with Crippen LogP contribution >= 0.6 is 15.9 Å². The van der Waals surface area contributed by atoms with Gasteiger partial charge in [0.05, 0.1) is 19.2 Å². The number of hydrogen-bond acceptors (Lipinski definition) is 3. The zero-order valence-electron chi connectivity index (χ0n) is 13.7. The maximum atomic E-state index is 12.9. The number of morpholine rings is 1. The van der Waals surface area contributed by atoms with E-state index in [1.54, 1.807) is 4.90 Å². The molecule has 0 N–H and O–H groups in total. The summed E-state index contributed by atoms with van der Waals surface area (Å²) in [6, 6.07) is 7.76. The third kappa shape index (κ3) is 5.46. The number of ether oxygens (including phenoxy) is 2. The number of hydrogen-bond donors (Lipinski definition) is 0. The first kappa shape index (κ1) is 18.2. The second-order valence-electron chi connectivity index (χ2n) is 6.73. The lowest BCUT2D eigenvalue weighted by Crippen LogP contribution is -2.54. The van der Waals surface area contributed by atoms with E-state index in [2.05, 4.69) is 15.9 Å². The molecule has 2 atom stereocenters. The molecule has 0 aliphatic carbocycles. The molecule has 2 rings (SSSR count). The minimum absolute atomic E-state index is 0.158. The summed E-state index contributed by atoms with van der Waals surface area (Å²) in [5.41, 5.74) is 0.511. The fraction of sp³-hybridized carbons (Fsp3) is 0.588. The van der Waals surface area contributed by atoms with Crippen molar-refractivity contribution < 1.29 is 18.7 Å². The summed E-state index contributed by atoms with van der Waals surface area (Å²) >= 11 is 3.41. The van der Waals surface area contributed by atoms with Gasteiger partial charge in [0.2, 0.25) is 0 Å². The van der Waals surface area contributed by atoms with Gasteiger partial charge in [-0.1, -0.05) is 28.1 Å². The highest BCUT2D eigenvalue weighted by Crippen LogP contribution is 2.21. The SMILES string of the molecule is CC(C)(C)OC(=O)N1CC(CF)OCC1Cc1ccc(Br)cc1. The third-order valence-electron chi connectivity index (χ3n) is 3.55. The van der Waals surface area contributed by atoms with E-state index in [0.717, 1.165) is 10.0 Å². The van der Waals surface area contributed by atoms with Crippen LogP contribution in [0, 0.1) is 0 Å². The molecule has 6 heteroatoms. The van der Waals surface area contributed by atoms with Crippen LogP contribution in [0.5, 0.6) is 0 Å². The topological polar surface area (TPSA) is 38.8 Å². The highest BCUT2D eigenvalue weighted by Gasteiger charge is 2.35. The van der Waals surface area contributed by atoms with E-state index in [4.69, 9.17) is 9.47 Å². The smallest absolute Gasteiger partial charge is 0.410 e. The van der Waals surface area contributed by atoms with Crippen molar-refractivity contribution in [2.75, 3.05) is 19.8 Å². The molecule has 0 saturated carbocycles. The molecule has 0 bridgehead atoms. The van der Waals surface area contributed by atoms with Crippen LogP contribution in [0.4, 0.5) is 9.18 Å². The van der Waals surface area contributed by atoms with Crippen LogP contribution in [0.2, 0.25) is 0 Å². The van der Waals surface area contributed by atoms with Gasteiger partial charge in [0.15, 0.2) is 0 Å². The first-order valence-electron chi connectivity index (χ1n) is 7.70. The largest absolute Gasteiger partial charge is 0.444 e. The van der Waals surface area contributed by atoms with Gasteiger partial charge in [-0.3, -0.25) is 4.90 Å². The van der Waals surface area contributed by atoms with Crippen LogP contribution in [0.15, 0.2) is 28.7 Å². The quantitative estimate of drug-likeness (QED) is 0.787. The molecule has 1 heterocycles. The molecule has 0 aromatic heterocycles. The van der Waals surface area contributed by atoms with E-state index in [9.17, 15) is 9.18 Å². The molecule has 23 heavy (non-hydrogen) atoms. The number of carbonyl (C=O) groups is 1. The van der Waals surface area contributed by atoms with Crippen molar-refractivity contribution in [3.63, 3.8) is 0 Å². The minimum atomic E-state index is -0.607. The van der Waals surface area contributed by atoms with Gasteiger partial charge in [0.25, 0.3) is 0 Å². The minimum Gasteiger partial charge on any atom is -0.444 e. The third-order valence-corrected chi connectivity index (χ3v) is 4.08. The van der Waals surface area contributed by atoms with Crippen LogP contribution in [0.25, 0.3) is 0 Å². The van der Waals surface area contributed by atoms with Gasteiger partial charge in [-0.25, -0.2) is 9.18 Å². The lowest BCUT2D eigenvalue weighted by atomic mass is 10.0. The first-order chi connectivity index (χ1) is 10.8. The second kappa shape index (κ2) is 7.62. The maximum Gasteiger partial charge on any atom is 0.410 e. The molecule has 1 aliphatic rings. The molecule has 0 spiro atoms. The zero-order chi connectivity index (χ0) is 17.0. The van der Waals surface area contributed by atoms with E-state index < -0.39 is 24.5 Å². The molecule has 1 saturated heterocycles. The molecule has 1 aromatic carbocycles. The number of benzene rings is 1. The van der Waals surface area contributed by atoms with Crippen molar-refractivity contribution in [2.45, 2.75) is 44.9 Å². The van der Waals surface area contributed by atoms with Gasteiger partial charge in [0.1, 0.15) is 18.4 Å². The molecule has 1 aromatic rings. The number of carbonyl (C=O) groups excluding carboxylic acids is 1. The van der Waals surface area contributed by atoms with Gasteiger partial charge < -0.3 is 9.47 Å². The monoisotopic (exact) mass is 387 g/mol. The fourth-order valence-corrected chi connectivity index (χ4v) is 2.72. The summed E-state index contributed by atoms with van der Waals surface area (Å²) in [6.45, 7) is 5.38. The molecule has 0 radical (unpaired) electrons. The van der Waals surface area contributed by atoms with Gasteiger partial charge in [-0.05, 0) is 44.9 Å². The summed E-state index contributed by atoms with van der Waals surface area (Å²) in [4.78, 5) is 14.0. The van der Waals surface area contributed by atoms with E-state index in [-0.39, 0.29) is 12.6 Å². The van der Waals surface area contributed by atoms with Gasteiger partial charge in [-0.15, -0.1) is 0 Å². The van der Waals surface area contributed by atoms with Crippen molar-refractivity contribution >= 4 is 22.0 Å². The van der Waals surface area contributed by atoms with E-state index in [1.807, 2.05) is 45.0 Å². The number of rotatable bonds is 3.